The number of aliphatic hydroxyl groups is 1. The van der Waals surface area contributed by atoms with Crippen LogP contribution >= 0.6 is 0 Å². The molecule has 0 saturated heterocycles. The Hall–Kier alpha value is -0.130. The van der Waals surface area contributed by atoms with Crippen LogP contribution in [-0.4, -0.2) is 32.4 Å². The Morgan fingerprint density at radius 3 is 2.47 bits per heavy atom. The van der Waals surface area contributed by atoms with Gasteiger partial charge in [0.2, 0.25) is 10.0 Å². The number of rotatable bonds is 8. The molecule has 17 heavy (non-hydrogen) atoms. The van der Waals surface area contributed by atoms with Crippen LogP contribution in [0.15, 0.2) is 0 Å². The lowest BCUT2D eigenvalue weighted by atomic mass is 9.87. The van der Waals surface area contributed by atoms with Crippen LogP contribution in [0.5, 0.6) is 0 Å². The van der Waals surface area contributed by atoms with Crippen LogP contribution in [0.2, 0.25) is 0 Å². The molecule has 0 heterocycles. The highest BCUT2D eigenvalue weighted by Crippen LogP contribution is 2.27. The largest absolute Gasteiger partial charge is 0.396 e. The van der Waals surface area contributed by atoms with Crippen LogP contribution < -0.4 is 4.72 Å². The van der Waals surface area contributed by atoms with E-state index in [-0.39, 0.29) is 17.8 Å². The summed E-state index contributed by atoms with van der Waals surface area (Å²) in [6, 6.07) is 0. The maximum absolute atomic E-state index is 11.7. The quantitative estimate of drug-likeness (QED) is 0.652. The fourth-order valence-corrected chi connectivity index (χ4v) is 3.43. The molecule has 5 heteroatoms. The zero-order valence-corrected chi connectivity index (χ0v) is 11.7. The third kappa shape index (κ3) is 5.84. The van der Waals surface area contributed by atoms with Crippen molar-refractivity contribution >= 4 is 10.0 Å². The molecule has 1 aliphatic rings. The van der Waals surface area contributed by atoms with Crippen molar-refractivity contribution in [1.29, 1.82) is 0 Å². The Morgan fingerprint density at radius 2 is 2.00 bits per heavy atom. The number of hydrogen-bond donors (Lipinski definition) is 2. The topological polar surface area (TPSA) is 66.4 Å². The second kappa shape index (κ2) is 6.16. The van der Waals surface area contributed by atoms with Crippen molar-refractivity contribution in [3.05, 3.63) is 0 Å². The van der Waals surface area contributed by atoms with Crippen molar-refractivity contribution in [3.63, 3.8) is 0 Å². The molecule has 0 aromatic rings. The van der Waals surface area contributed by atoms with E-state index < -0.39 is 10.0 Å². The third-order valence-electron chi connectivity index (χ3n) is 3.46. The molecule has 0 atom stereocenters. The molecule has 0 aromatic heterocycles. The van der Waals surface area contributed by atoms with Crippen molar-refractivity contribution in [3.8, 4) is 0 Å². The van der Waals surface area contributed by atoms with Gasteiger partial charge in [-0.05, 0) is 37.0 Å². The van der Waals surface area contributed by atoms with Gasteiger partial charge in [0.1, 0.15) is 0 Å². The van der Waals surface area contributed by atoms with Gasteiger partial charge in [0.25, 0.3) is 0 Å². The monoisotopic (exact) mass is 263 g/mol. The lowest BCUT2D eigenvalue weighted by Gasteiger charge is -2.25. The molecule has 4 nitrogen and oxygen atoms in total. The molecule has 1 aliphatic carbocycles. The molecule has 1 fully saturated rings. The molecule has 0 unspecified atom stereocenters. The second-order valence-electron chi connectivity index (χ2n) is 5.90. The molecule has 1 saturated carbocycles. The lowest BCUT2D eigenvalue weighted by molar-refractivity contribution is 0.148. The average molecular weight is 263 g/mol. The molecule has 0 bridgehead atoms. The van der Waals surface area contributed by atoms with Crippen molar-refractivity contribution < 1.29 is 13.5 Å². The Morgan fingerprint density at radius 1 is 1.35 bits per heavy atom. The van der Waals surface area contributed by atoms with Gasteiger partial charge in [-0.2, -0.15) is 0 Å². The van der Waals surface area contributed by atoms with Crippen molar-refractivity contribution in [2.45, 2.75) is 46.0 Å². The fraction of sp³-hybridized carbons (Fsp3) is 1.00. The summed E-state index contributed by atoms with van der Waals surface area (Å²) in [4.78, 5) is 0. The van der Waals surface area contributed by atoms with E-state index in [4.69, 9.17) is 5.11 Å². The van der Waals surface area contributed by atoms with Gasteiger partial charge in [0.15, 0.2) is 0 Å². The molecule has 0 amide bonds. The Bertz CT molecular complexity index is 321. The van der Waals surface area contributed by atoms with E-state index in [9.17, 15) is 8.42 Å². The standard InChI is InChI=1S/C12H25NO3S/c1-12(2,10-14)7-4-8-13-17(15,16)9-11-5-3-6-11/h11,13-14H,3-10H2,1-2H3. The van der Waals surface area contributed by atoms with Gasteiger partial charge in [-0.25, -0.2) is 13.1 Å². The maximum Gasteiger partial charge on any atom is 0.211 e. The summed E-state index contributed by atoms with van der Waals surface area (Å²) in [5.74, 6) is 0.664. The average Bonchev–Trinajstić information content (AvgIpc) is 2.19. The van der Waals surface area contributed by atoms with Crippen LogP contribution in [0.3, 0.4) is 0 Å². The zero-order valence-electron chi connectivity index (χ0n) is 10.9. The summed E-state index contributed by atoms with van der Waals surface area (Å²) >= 11 is 0. The summed E-state index contributed by atoms with van der Waals surface area (Å²) in [5, 5.41) is 9.07. The number of sulfonamides is 1. The minimum absolute atomic E-state index is 0.112. The van der Waals surface area contributed by atoms with Gasteiger partial charge >= 0.3 is 0 Å². The third-order valence-corrected chi connectivity index (χ3v) is 5.01. The molecule has 0 spiro atoms. The first-order valence-corrected chi connectivity index (χ1v) is 8.08. The summed E-state index contributed by atoms with van der Waals surface area (Å²) < 4.78 is 26.0. The van der Waals surface area contributed by atoms with Gasteiger partial charge in [-0.15, -0.1) is 0 Å². The highest BCUT2D eigenvalue weighted by Gasteiger charge is 2.24. The van der Waals surface area contributed by atoms with E-state index >= 15 is 0 Å². The SMILES string of the molecule is CC(C)(CO)CCCNS(=O)(=O)CC1CCC1. The van der Waals surface area contributed by atoms with E-state index in [1.54, 1.807) is 0 Å². The summed E-state index contributed by atoms with van der Waals surface area (Å²) in [7, 11) is -3.08. The number of hydrogen-bond acceptors (Lipinski definition) is 3. The molecule has 0 radical (unpaired) electrons. The van der Waals surface area contributed by atoms with Crippen LogP contribution in [0.25, 0.3) is 0 Å². The van der Waals surface area contributed by atoms with E-state index in [2.05, 4.69) is 4.72 Å². The summed E-state index contributed by atoms with van der Waals surface area (Å²) in [6.07, 6.45) is 4.88. The van der Waals surface area contributed by atoms with Crippen molar-refractivity contribution in [2.24, 2.45) is 11.3 Å². The lowest BCUT2D eigenvalue weighted by Crippen LogP contribution is -2.33. The van der Waals surface area contributed by atoms with E-state index in [0.717, 1.165) is 25.7 Å². The van der Waals surface area contributed by atoms with Crippen molar-refractivity contribution in [2.75, 3.05) is 18.9 Å². The van der Waals surface area contributed by atoms with E-state index in [1.165, 1.54) is 6.42 Å². The maximum atomic E-state index is 11.7. The van der Waals surface area contributed by atoms with Crippen LogP contribution in [0, 0.1) is 11.3 Å². The fourth-order valence-electron chi connectivity index (χ4n) is 1.90. The zero-order chi connectivity index (χ0) is 12.9. The molecule has 2 N–H and O–H groups in total. The summed E-state index contributed by atoms with van der Waals surface area (Å²) in [6.45, 7) is 4.59. The number of nitrogens with one attached hydrogen (secondary N) is 1. The highest BCUT2D eigenvalue weighted by molar-refractivity contribution is 7.89. The molecular weight excluding hydrogens is 238 g/mol. The minimum atomic E-state index is -3.08. The van der Waals surface area contributed by atoms with Gasteiger partial charge in [-0.1, -0.05) is 20.3 Å². The van der Waals surface area contributed by atoms with Gasteiger partial charge in [-0.3, -0.25) is 0 Å². The molecule has 0 aromatic carbocycles. The van der Waals surface area contributed by atoms with E-state index in [1.807, 2.05) is 13.8 Å². The van der Waals surface area contributed by atoms with Gasteiger partial charge in [0.05, 0.1) is 5.75 Å². The first kappa shape index (κ1) is 14.9. The first-order valence-electron chi connectivity index (χ1n) is 6.43. The molecule has 0 aliphatic heterocycles. The Balaban J connectivity index is 2.16. The minimum Gasteiger partial charge on any atom is -0.396 e. The predicted molar refractivity (Wildman–Crippen MR) is 69.2 cm³/mol. The smallest absolute Gasteiger partial charge is 0.211 e. The first-order chi connectivity index (χ1) is 7.85. The Labute approximate surface area is 105 Å². The predicted octanol–water partition coefficient (Wildman–Crippen LogP) is 1.50. The molecule has 102 valence electrons. The summed E-state index contributed by atoms with van der Waals surface area (Å²) in [5.41, 5.74) is -0.112. The van der Waals surface area contributed by atoms with Crippen LogP contribution in [0.4, 0.5) is 0 Å². The van der Waals surface area contributed by atoms with Gasteiger partial charge < -0.3 is 5.11 Å². The molecular formula is C12H25NO3S. The van der Waals surface area contributed by atoms with Gasteiger partial charge in [0, 0.05) is 13.2 Å². The van der Waals surface area contributed by atoms with E-state index in [0.29, 0.717) is 12.5 Å². The molecule has 1 rings (SSSR count). The normalized spacial score (nSPS) is 18.1. The van der Waals surface area contributed by atoms with Crippen molar-refractivity contribution in [1.82, 2.24) is 4.72 Å². The van der Waals surface area contributed by atoms with Crippen LogP contribution in [-0.2, 0) is 10.0 Å². The number of aliphatic hydroxyl groups excluding tert-OH is 1. The highest BCUT2D eigenvalue weighted by atomic mass is 32.2. The van der Waals surface area contributed by atoms with Crippen LogP contribution in [0.1, 0.15) is 46.0 Å². The second-order valence-corrected chi connectivity index (χ2v) is 7.75. The Kier molecular flexibility index (Phi) is 5.41.